The Balaban J connectivity index is 1.59. The van der Waals surface area contributed by atoms with E-state index in [4.69, 9.17) is 4.74 Å². The lowest BCUT2D eigenvalue weighted by Gasteiger charge is -2.39. The van der Waals surface area contributed by atoms with Crippen LogP contribution in [-0.4, -0.2) is 87.3 Å². The number of nitrogens with zero attached hydrogens (tertiary/aromatic N) is 3. The Morgan fingerprint density at radius 3 is 2.28 bits per heavy atom. The summed E-state index contributed by atoms with van der Waals surface area (Å²) in [7, 11) is -0.932. The minimum absolute atomic E-state index is 0.310. The van der Waals surface area contributed by atoms with Crippen molar-refractivity contribution < 1.29 is 13.2 Å². The number of aryl methyl sites for hydroxylation is 1. The molecule has 2 aliphatic rings. The van der Waals surface area contributed by atoms with Crippen LogP contribution in [0.3, 0.4) is 0 Å². The highest BCUT2D eigenvalue weighted by Crippen LogP contribution is 2.24. The highest BCUT2D eigenvalue weighted by atomic mass is 32.2. The van der Waals surface area contributed by atoms with E-state index in [1.165, 1.54) is 17.4 Å². The summed E-state index contributed by atoms with van der Waals surface area (Å²) in [5.74, 6) is 0. The van der Waals surface area contributed by atoms with Gasteiger partial charge in [0.15, 0.2) is 0 Å². The second kappa shape index (κ2) is 10.4. The van der Waals surface area contributed by atoms with Crippen molar-refractivity contribution in [2.45, 2.75) is 51.2 Å². The van der Waals surface area contributed by atoms with Gasteiger partial charge in [-0.05, 0) is 43.9 Å². The summed E-state index contributed by atoms with van der Waals surface area (Å²) in [4.78, 5) is 4.95. The number of ether oxygens (including phenoxy) is 1. The molecule has 6 nitrogen and oxygen atoms in total. The van der Waals surface area contributed by atoms with E-state index in [0.717, 1.165) is 58.5 Å². The highest BCUT2D eigenvalue weighted by molar-refractivity contribution is 7.88. The Hall–Kier alpha value is -0.990. The Morgan fingerprint density at radius 2 is 1.69 bits per heavy atom. The number of sulfonamides is 1. The zero-order chi connectivity index (χ0) is 20.9. The van der Waals surface area contributed by atoms with Gasteiger partial charge in [-0.25, -0.2) is 12.7 Å². The average Bonchev–Trinajstić information content (AvgIpc) is 3.20. The molecule has 0 aromatic heterocycles. The third-order valence-electron chi connectivity index (χ3n) is 6.35. The van der Waals surface area contributed by atoms with E-state index >= 15 is 0 Å². The minimum atomic E-state index is -3.11. The highest BCUT2D eigenvalue weighted by Gasteiger charge is 2.35. The van der Waals surface area contributed by atoms with Crippen LogP contribution in [0.1, 0.15) is 37.3 Å². The molecule has 2 aliphatic heterocycles. The summed E-state index contributed by atoms with van der Waals surface area (Å²) < 4.78 is 31.2. The number of hydrogen-bond donors (Lipinski definition) is 0. The lowest BCUT2D eigenvalue weighted by atomic mass is 10.0. The van der Waals surface area contributed by atoms with E-state index in [1.54, 1.807) is 4.31 Å². The topological polar surface area (TPSA) is 53.1 Å². The summed E-state index contributed by atoms with van der Waals surface area (Å²) in [5, 5.41) is 0. The Morgan fingerprint density at radius 1 is 1.03 bits per heavy atom. The molecule has 7 heteroatoms. The van der Waals surface area contributed by atoms with Crippen LogP contribution in [0.15, 0.2) is 24.3 Å². The first-order chi connectivity index (χ1) is 13.9. The number of likely N-dealkylation sites (N-methyl/N-ethyl adjacent to an activating group) is 1. The van der Waals surface area contributed by atoms with Crippen LogP contribution in [0.5, 0.6) is 0 Å². The quantitative estimate of drug-likeness (QED) is 0.609. The summed E-state index contributed by atoms with van der Waals surface area (Å²) in [6, 6.07) is 9.69. The zero-order valence-electron chi connectivity index (χ0n) is 18.2. The maximum absolute atomic E-state index is 12.0. The van der Waals surface area contributed by atoms with Gasteiger partial charge in [-0.3, -0.25) is 4.90 Å². The average molecular weight is 424 g/mol. The maximum Gasteiger partial charge on any atom is 0.211 e. The smallest absolute Gasteiger partial charge is 0.211 e. The fraction of sp³-hybridized carbons (Fsp3) is 0.727. The van der Waals surface area contributed by atoms with Crippen LogP contribution in [-0.2, 0) is 27.7 Å². The van der Waals surface area contributed by atoms with Crippen LogP contribution >= 0.6 is 0 Å². The molecule has 0 saturated carbocycles. The predicted octanol–water partition coefficient (Wildman–Crippen LogP) is 2.20. The number of benzene rings is 1. The van der Waals surface area contributed by atoms with Gasteiger partial charge in [0.1, 0.15) is 0 Å². The summed E-state index contributed by atoms with van der Waals surface area (Å²) in [6.07, 6.45) is 5.40. The molecule has 1 aromatic rings. The van der Waals surface area contributed by atoms with Crippen molar-refractivity contribution in [3.05, 3.63) is 35.4 Å². The molecule has 1 atom stereocenters. The maximum atomic E-state index is 12.0. The van der Waals surface area contributed by atoms with Crippen molar-refractivity contribution in [2.24, 2.45) is 0 Å². The number of rotatable bonds is 9. The van der Waals surface area contributed by atoms with Gasteiger partial charge < -0.3 is 9.64 Å². The van der Waals surface area contributed by atoms with Gasteiger partial charge in [-0.2, -0.15) is 0 Å². The predicted molar refractivity (Wildman–Crippen MR) is 118 cm³/mol. The Bertz CT molecular complexity index is 732. The Kier molecular flexibility index (Phi) is 8.10. The molecular formula is C22H37N3O3S. The summed E-state index contributed by atoms with van der Waals surface area (Å²) in [6.45, 7) is 7.94. The van der Waals surface area contributed by atoms with Gasteiger partial charge in [0.25, 0.3) is 0 Å². The van der Waals surface area contributed by atoms with Gasteiger partial charge in [-0.15, -0.1) is 0 Å². The second-order valence-corrected chi connectivity index (χ2v) is 10.5. The lowest BCUT2D eigenvalue weighted by molar-refractivity contribution is 0.0156. The van der Waals surface area contributed by atoms with Gasteiger partial charge >= 0.3 is 0 Å². The molecule has 1 aromatic carbocycles. The third kappa shape index (κ3) is 6.49. The molecular weight excluding hydrogens is 386 g/mol. The largest absolute Gasteiger partial charge is 0.381 e. The minimum Gasteiger partial charge on any atom is -0.381 e. The summed E-state index contributed by atoms with van der Waals surface area (Å²) in [5.41, 5.74) is 2.71. The molecule has 0 aliphatic carbocycles. The number of hydrogen-bond acceptors (Lipinski definition) is 5. The monoisotopic (exact) mass is 423 g/mol. The lowest BCUT2D eigenvalue weighted by Crippen LogP contribution is -2.49. The third-order valence-corrected chi connectivity index (χ3v) is 7.62. The standard InChI is InChI=1S/C22H37N3O3S/c1-4-19-5-7-20(8-6-19)17-23(2)13-14-25(21-10-15-28-16-11-21)22-9-12-24(18-22)29(3,26)27/h5-8,21-22H,4,9-18H2,1-3H3. The molecule has 2 saturated heterocycles. The van der Waals surface area contributed by atoms with Gasteiger partial charge in [0.2, 0.25) is 10.0 Å². The van der Waals surface area contributed by atoms with Crippen molar-refractivity contribution in [3.63, 3.8) is 0 Å². The van der Waals surface area contributed by atoms with Crippen LogP contribution in [0.4, 0.5) is 0 Å². The van der Waals surface area contributed by atoms with Gasteiger partial charge in [0, 0.05) is 58.0 Å². The van der Waals surface area contributed by atoms with Gasteiger partial charge in [-0.1, -0.05) is 31.2 Å². The van der Waals surface area contributed by atoms with E-state index < -0.39 is 10.0 Å². The molecule has 164 valence electrons. The summed E-state index contributed by atoms with van der Waals surface area (Å²) >= 11 is 0. The van der Waals surface area contributed by atoms with E-state index in [2.05, 4.69) is 48.0 Å². The van der Waals surface area contributed by atoms with E-state index in [-0.39, 0.29) is 0 Å². The zero-order valence-corrected chi connectivity index (χ0v) is 19.0. The van der Waals surface area contributed by atoms with Crippen LogP contribution in [0, 0.1) is 0 Å². The van der Waals surface area contributed by atoms with Gasteiger partial charge in [0.05, 0.1) is 6.26 Å². The fourth-order valence-electron chi connectivity index (χ4n) is 4.52. The molecule has 1 unspecified atom stereocenters. The van der Waals surface area contributed by atoms with Crippen molar-refractivity contribution in [1.29, 1.82) is 0 Å². The molecule has 0 amide bonds. The van der Waals surface area contributed by atoms with E-state index in [9.17, 15) is 8.42 Å². The molecule has 0 N–H and O–H groups in total. The fourth-order valence-corrected chi connectivity index (χ4v) is 5.40. The van der Waals surface area contributed by atoms with Crippen molar-refractivity contribution in [3.8, 4) is 0 Å². The van der Waals surface area contributed by atoms with Crippen molar-refractivity contribution >= 4 is 10.0 Å². The SMILES string of the molecule is CCc1ccc(CN(C)CCN(C2CCOCC2)C2CCN(S(C)(=O)=O)C2)cc1. The van der Waals surface area contributed by atoms with E-state index in [0.29, 0.717) is 25.2 Å². The normalized spacial score (nSPS) is 22.0. The second-order valence-electron chi connectivity index (χ2n) is 8.55. The molecule has 0 bridgehead atoms. The van der Waals surface area contributed by atoms with Crippen molar-refractivity contribution in [1.82, 2.24) is 14.1 Å². The van der Waals surface area contributed by atoms with Crippen molar-refractivity contribution in [2.75, 3.05) is 52.7 Å². The van der Waals surface area contributed by atoms with Crippen LogP contribution in [0.25, 0.3) is 0 Å². The molecule has 2 heterocycles. The first-order valence-corrected chi connectivity index (χ1v) is 12.8. The first kappa shape index (κ1) is 22.7. The first-order valence-electron chi connectivity index (χ1n) is 10.9. The Labute approximate surface area is 176 Å². The van der Waals surface area contributed by atoms with Crippen LogP contribution in [0.2, 0.25) is 0 Å². The molecule has 3 rings (SSSR count). The van der Waals surface area contributed by atoms with E-state index in [1.807, 2.05) is 0 Å². The molecule has 2 fully saturated rings. The van der Waals surface area contributed by atoms with Crippen LogP contribution < -0.4 is 0 Å². The molecule has 0 radical (unpaired) electrons. The molecule has 29 heavy (non-hydrogen) atoms. The molecule has 0 spiro atoms.